The fourth-order valence-corrected chi connectivity index (χ4v) is 3.25. The van der Waals surface area contributed by atoms with Gasteiger partial charge in [-0.1, -0.05) is 12.1 Å². The molecule has 3 heterocycles. The fourth-order valence-electron chi connectivity index (χ4n) is 3.25. The Hall–Kier alpha value is -3.59. The van der Waals surface area contributed by atoms with Crippen LogP contribution in [0.1, 0.15) is 11.6 Å². The number of nitrogens with zero attached hydrogens (tertiary/aromatic N) is 3. The summed E-state index contributed by atoms with van der Waals surface area (Å²) < 4.78 is 18.8. The van der Waals surface area contributed by atoms with Crippen LogP contribution in [0.25, 0.3) is 11.3 Å². The predicted octanol–water partition coefficient (Wildman–Crippen LogP) is 2.15. The van der Waals surface area contributed by atoms with Crippen molar-refractivity contribution in [3.63, 3.8) is 0 Å². The minimum Gasteiger partial charge on any atom is -0.356 e. The molecule has 2 unspecified atom stereocenters. The number of hydrogen-bond acceptors (Lipinski definition) is 5. The molecule has 2 aromatic heterocycles. The normalized spacial score (nSPS) is 19.2. The number of ether oxygens (including phenoxy) is 1. The maximum Gasteiger partial charge on any atom is 0.257 e. The van der Waals surface area contributed by atoms with Crippen LogP contribution < -0.4 is 5.32 Å². The second kappa shape index (κ2) is 7.80. The van der Waals surface area contributed by atoms with Gasteiger partial charge in [-0.15, -0.1) is 0 Å². The molecule has 0 bridgehead atoms. The van der Waals surface area contributed by atoms with Gasteiger partial charge < -0.3 is 15.0 Å². The molecule has 0 aliphatic carbocycles. The average molecular weight is 395 g/mol. The van der Waals surface area contributed by atoms with Crippen LogP contribution in [0.5, 0.6) is 0 Å². The molecule has 2 atom stereocenters. The van der Waals surface area contributed by atoms with Gasteiger partial charge in [0.05, 0.1) is 11.7 Å². The van der Waals surface area contributed by atoms with Crippen molar-refractivity contribution in [2.75, 3.05) is 19.0 Å². The number of pyridine rings is 1. The number of morpholine rings is 1. The van der Waals surface area contributed by atoms with Crippen molar-refractivity contribution in [2.45, 2.75) is 12.1 Å². The number of carbonyl (C=O) groups excluding carboxylic acids is 2. The Balaban J connectivity index is 1.55. The Morgan fingerprint density at radius 2 is 1.97 bits per heavy atom. The van der Waals surface area contributed by atoms with Crippen LogP contribution in [0.3, 0.4) is 0 Å². The van der Waals surface area contributed by atoms with E-state index in [0.29, 0.717) is 11.4 Å². The van der Waals surface area contributed by atoms with Gasteiger partial charge in [0.2, 0.25) is 5.91 Å². The van der Waals surface area contributed by atoms with Crippen molar-refractivity contribution in [1.29, 1.82) is 0 Å². The third kappa shape index (κ3) is 3.85. The van der Waals surface area contributed by atoms with E-state index in [4.69, 9.17) is 4.74 Å². The number of H-pyrrole nitrogens is 1. The van der Waals surface area contributed by atoms with E-state index >= 15 is 0 Å². The molecule has 0 radical (unpaired) electrons. The topological polar surface area (TPSA) is 100 Å². The summed E-state index contributed by atoms with van der Waals surface area (Å²) in [6.45, 7) is -0.213. The van der Waals surface area contributed by atoms with Crippen LogP contribution in [-0.4, -0.2) is 51.7 Å². The SMILES string of the molecule is CN1C(=O)COC(C(=O)Nc2cc(-c3ccncc3)[nH]n2)C1c1ccc(F)cc1. The first-order valence-electron chi connectivity index (χ1n) is 8.92. The van der Waals surface area contributed by atoms with Gasteiger partial charge in [-0.2, -0.15) is 5.10 Å². The van der Waals surface area contributed by atoms with Gasteiger partial charge in [0.15, 0.2) is 11.9 Å². The Kier molecular flexibility index (Phi) is 5.05. The first kappa shape index (κ1) is 18.8. The van der Waals surface area contributed by atoms with Crippen LogP contribution in [0.2, 0.25) is 0 Å². The Bertz CT molecular complexity index is 1020. The van der Waals surface area contributed by atoms with Crippen molar-refractivity contribution >= 4 is 17.6 Å². The first-order valence-corrected chi connectivity index (χ1v) is 8.92. The number of nitrogens with one attached hydrogen (secondary N) is 2. The molecule has 1 aliphatic heterocycles. The zero-order valence-corrected chi connectivity index (χ0v) is 15.5. The standard InChI is InChI=1S/C20H18FN5O3/c1-26-17(27)11-29-19(18(26)13-2-4-14(21)5-3-13)20(28)23-16-10-15(24-25-16)12-6-8-22-9-7-12/h2-10,18-19H,11H2,1H3,(H2,23,24,25,28). The van der Waals surface area contributed by atoms with Gasteiger partial charge >= 0.3 is 0 Å². The molecule has 0 spiro atoms. The lowest BCUT2D eigenvalue weighted by atomic mass is 9.97. The molecule has 29 heavy (non-hydrogen) atoms. The van der Waals surface area contributed by atoms with E-state index in [0.717, 1.165) is 11.3 Å². The molecule has 1 aromatic carbocycles. The molecule has 0 saturated carbocycles. The highest BCUT2D eigenvalue weighted by atomic mass is 19.1. The highest BCUT2D eigenvalue weighted by molar-refractivity contribution is 5.95. The van der Waals surface area contributed by atoms with Gasteiger partial charge in [-0.3, -0.25) is 19.7 Å². The number of carbonyl (C=O) groups is 2. The lowest BCUT2D eigenvalue weighted by molar-refractivity contribution is -0.160. The summed E-state index contributed by atoms with van der Waals surface area (Å²) in [5, 5.41) is 9.68. The van der Waals surface area contributed by atoms with E-state index in [1.54, 1.807) is 25.5 Å². The van der Waals surface area contributed by atoms with Gasteiger partial charge in [0.1, 0.15) is 12.4 Å². The third-order valence-corrected chi connectivity index (χ3v) is 4.77. The quantitative estimate of drug-likeness (QED) is 0.705. The number of halogens is 1. The summed E-state index contributed by atoms with van der Waals surface area (Å²) in [6.07, 6.45) is 2.35. The molecule has 1 fully saturated rings. The van der Waals surface area contributed by atoms with Crippen molar-refractivity contribution in [3.8, 4) is 11.3 Å². The number of likely N-dealkylation sites (N-methyl/N-ethyl adjacent to an activating group) is 1. The molecule has 8 nitrogen and oxygen atoms in total. The minimum atomic E-state index is -0.968. The van der Waals surface area contributed by atoms with Crippen LogP contribution in [0.15, 0.2) is 54.9 Å². The van der Waals surface area contributed by atoms with E-state index in [1.165, 1.54) is 29.2 Å². The summed E-state index contributed by atoms with van der Waals surface area (Å²) in [7, 11) is 1.59. The molecule has 9 heteroatoms. The summed E-state index contributed by atoms with van der Waals surface area (Å²) in [5.41, 5.74) is 2.19. The summed E-state index contributed by atoms with van der Waals surface area (Å²) in [4.78, 5) is 30.4. The largest absolute Gasteiger partial charge is 0.356 e. The van der Waals surface area contributed by atoms with Crippen LogP contribution >= 0.6 is 0 Å². The van der Waals surface area contributed by atoms with Crippen LogP contribution in [-0.2, 0) is 14.3 Å². The number of aromatic nitrogens is 3. The van der Waals surface area contributed by atoms with Gasteiger partial charge in [0, 0.05) is 31.1 Å². The van der Waals surface area contributed by atoms with Gasteiger partial charge in [-0.25, -0.2) is 4.39 Å². The molecule has 1 aliphatic rings. The highest BCUT2D eigenvalue weighted by Crippen LogP contribution is 2.30. The van der Waals surface area contributed by atoms with Gasteiger partial charge in [0.25, 0.3) is 5.91 Å². The van der Waals surface area contributed by atoms with Crippen molar-refractivity contribution in [3.05, 3.63) is 66.2 Å². The summed E-state index contributed by atoms with van der Waals surface area (Å²) in [5.74, 6) is -0.794. The predicted molar refractivity (Wildman–Crippen MR) is 102 cm³/mol. The Morgan fingerprint density at radius 1 is 1.24 bits per heavy atom. The molecule has 2 amide bonds. The van der Waals surface area contributed by atoms with E-state index in [9.17, 15) is 14.0 Å². The number of anilines is 1. The Labute approximate surface area is 165 Å². The average Bonchev–Trinajstić information content (AvgIpc) is 3.20. The Morgan fingerprint density at radius 3 is 2.69 bits per heavy atom. The minimum absolute atomic E-state index is 0.213. The maximum absolute atomic E-state index is 13.3. The van der Waals surface area contributed by atoms with E-state index < -0.39 is 23.9 Å². The molecule has 3 aromatic rings. The highest BCUT2D eigenvalue weighted by Gasteiger charge is 2.40. The monoisotopic (exact) mass is 395 g/mol. The summed E-state index contributed by atoms with van der Waals surface area (Å²) >= 11 is 0. The molecule has 4 rings (SSSR count). The number of hydrogen-bond donors (Lipinski definition) is 2. The van der Waals surface area contributed by atoms with Crippen molar-refractivity contribution < 1.29 is 18.7 Å². The molecule has 148 valence electrons. The smallest absolute Gasteiger partial charge is 0.257 e. The molecule has 1 saturated heterocycles. The number of benzene rings is 1. The van der Waals surface area contributed by atoms with E-state index in [-0.39, 0.29) is 12.5 Å². The number of rotatable bonds is 4. The lowest BCUT2D eigenvalue weighted by Crippen LogP contribution is -2.51. The molecular formula is C20H18FN5O3. The number of aromatic amines is 1. The van der Waals surface area contributed by atoms with Gasteiger partial charge in [-0.05, 0) is 29.8 Å². The third-order valence-electron chi connectivity index (χ3n) is 4.77. The van der Waals surface area contributed by atoms with Crippen LogP contribution in [0.4, 0.5) is 10.2 Å². The summed E-state index contributed by atoms with van der Waals surface area (Å²) in [6, 6.07) is 10.3. The molecule has 2 N–H and O–H groups in total. The fraction of sp³-hybridized carbons (Fsp3) is 0.200. The first-order chi connectivity index (χ1) is 14.0. The maximum atomic E-state index is 13.3. The number of amides is 2. The molecular weight excluding hydrogens is 377 g/mol. The van der Waals surface area contributed by atoms with E-state index in [1.807, 2.05) is 12.1 Å². The second-order valence-corrected chi connectivity index (χ2v) is 6.62. The van der Waals surface area contributed by atoms with E-state index in [2.05, 4.69) is 20.5 Å². The van der Waals surface area contributed by atoms with Crippen molar-refractivity contribution in [1.82, 2.24) is 20.1 Å². The lowest BCUT2D eigenvalue weighted by Gasteiger charge is -2.38. The van der Waals surface area contributed by atoms with Crippen LogP contribution in [0, 0.1) is 5.82 Å². The zero-order chi connectivity index (χ0) is 20.4. The zero-order valence-electron chi connectivity index (χ0n) is 15.5. The van der Waals surface area contributed by atoms with Crippen molar-refractivity contribution in [2.24, 2.45) is 0 Å². The second-order valence-electron chi connectivity index (χ2n) is 6.62.